The van der Waals surface area contributed by atoms with Crippen LogP contribution in [-0.4, -0.2) is 45.5 Å². The maximum absolute atomic E-state index is 14.3. The highest BCUT2D eigenvalue weighted by molar-refractivity contribution is 7.99. The van der Waals surface area contributed by atoms with Crippen molar-refractivity contribution < 1.29 is 18.7 Å². The van der Waals surface area contributed by atoms with Crippen molar-refractivity contribution in [3.05, 3.63) is 94.5 Å². The summed E-state index contributed by atoms with van der Waals surface area (Å²) in [5.74, 6) is -0.146. The summed E-state index contributed by atoms with van der Waals surface area (Å²) in [4.78, 5) is 27.8. The zero-order chi connectivity index (χ0) is 28.1. The Labute approximate surface area is 240 Å². The van der Waals surface area contributed by atoms with E-state index in [2.05, 4.69) is 21.6 Å². The van der Waals surface area contributed by atoms with Crippen LogP contribution in [0.15, 0.2) is 71.9 Å². The van der Waals surface area contributed by atoms with Gasteiger partial charge in [0.25, 0.3) is 5.91 Å². The van der Waals surface area contributed by atoms with Gasteiger partial charge >= 0.3 is 0 Å². The summed E-state index contributed by atoms with van der Waals surface area (Å²) in [6, 6.07) is 19.4. The van der Waals surface area contributed by atoms with Crippen molar-refractivity contribution in [2.75, 3.05) is 23.8 Å². The van der Waals surface area contributed by atoms with E-state index in [-0.39, 0.29) is 28.8 Å². The lowest BCUT2D eigenvalue weighted by molar-refractivity contribution is -0.116. The van der Waals surface area contributed by atoms with Crippen molar-refractivity contribution in [1.29, 1.82) is 0 Å². The number of hydrogen-bond donors (Lipinski definition) is 1. The molecule has 40 heavy (non-hydrogen) atoms. The van der Waals surface area contributed by atoms with Gasteiger partial charge in [0.15, 0.2) is 11.0 Å². The van der Waals surface area contributed by atoms with Gasteiger partial charge in [-0.15, -0.1) is 10.2 Å². The summed E-state index contributed by atoms with van der Waals surface area (Å²) in [5.41, 5.74) is 2.60. The lowest BCUT2D eigenvalue weighted by Crippen LogP contribution is -2.36. The molecule has 0 aliphatic carbocycles. The molecule has 3 aromatic carbocycles. The first-order valence-corrected chi connectivity index (χ1v) is 14.2. The number of nitrogens with one attached hydrogen (secondary N) is 1. The fourth-order valence-corrected chi connectivity index (χ4v) is 5.68. The minimum atomic E-state index is -0.716. The molecule has 0 saturated carbocycles. The molecule has 206 valence electrons. The highest BCUT2D eigenvalue weighted by Crippen LogP contribution is 2.29. The Kier molecular flexibility index (Phi) is 8.66. The van der Waals surface area contributed by atoms with Gasteiger partial charge in [-0.3, -0.25) is 14.2 Å². The molecule has 1 aromatic heterocycles. The van der Waals surface area contributed by atoms with Gasteiger partial charge in [-0.05, 0) is 67.8 Å². The van der Waals surface area contributed by atoms with Crippen molar-refractivity contribution in [2.45, 2.75) is 31.5 Å². The van der Waals surface area contributed by atoms with Crippen LogP contribution in [0.4, 0.5) is 10.1 Å². The van der Waals surface area contributed by atoms with Crippen molar-refractivity contribution in [3.8, 4) is 11.4 Å². The molecule has 0 bridgehead atoms. The molecule has 1 N–H and O–H groups in total. The zero-order valence-corrected chi connectivity index (χ0v) is 23.3. The molecular formula is C29H27ClFN5O3S. The predicted molar refractivity (Wildman–Crippen MR) is 153 cm³/mol. The minimum absolute atomic E-state index is 0.0134. The van der Waals surface area contributed by atoms with E-state index >= 15 is 0 Å². The second-order valence-corrected chi connectivity index (χ2v) is 10.4. The van der Waals surface area contributed by atoms with Gasteiger partial charge in [0.05, 0.1) is 29.5 Å². The zero-order valence-electron chi connectivity index (χ0n) is 21.8. The van der Waals surface area contributed by atoms with Crippen molar-refractivity contribution in [3.63, 3.8) is 0 Å². The quantitative estimate of drug-likeness (QED) is 0.265. The van der Waals surface area contributed by atoms with Crippen molar-refractivity contribution in [2.24, 2.45) is 0 Å². The van der Waals surface area contributed by atoms with E-state index in [1.807, 2.05) is 54.3 Å². The number of thioether (sulfide) groups is 1. The molecule has 1 aliphatic rings. The van der Waals surface area contributed by atoms with Gasteiger partial charge in [-0.1, -0.05) is 47.6 Å². The van der Waals surface area contributed by atoms with Crippen LogP contribution in [0.2, 0.25) is 5.02 Å². The highest BCUT2D eigenvalue weighted by Gasteiger charge is 2.24. The van der Waals surface area contributed by atoms with Crippen molar-refractivity contribution >= 4 is 40.9 Å². The number of benzene rings is 3. The number of halogens is 2. The third-order valence-electron chi connectivity index (χ3n) is 6.44. The first-order valence-electron chi connectivity index (χ1n) is 12.9. The molecular weight excluding hydrogens is 553 g/mol. The number of anilines is 1. The molecule has 2 heterocycles. The fourth-order valence-electron chi connectivity index (χ4n) is 4.59. The number of carbonyl (C=O) groups excluding carboxylic acids is 2. The molecule has 0 atom stereocenters. The summed E-state index contributed by atoms with van der Waals surface area (Å²) < 4.78 is 21.6. The number of aromatic nitrogens is 3. The largest absolute Gasteiger partial charge is 0.494 e. The lowest BCUT2D eigenvalue weighted by Gasteiger charge is -2.29. The molecule has 0 spiro atoms. The first-order chi connectivity index (χ1) is 19.5. The summed E-state index contributed by atoms with van der Waals surface area (Å²) in [5, 5.41) is 11.8. The van der Waals surface area contributed by atoms with E-state index in [1.54, 1.807) is 4.57 Å². The number of hydrogen-bond acceptors (Lipinski definition) is 6. The Bertz CT molecular complexity index is 1510. The molecule has 11 heteroatoms. The number of rotatable bonds is 9. The van der Waals surface area contributed by atoms with Crippen LogP contribution >= 0.6 is 23.4 Å². The van der Waals surface area contributed by atoms with Crippen molar-refractivity contribution in [1.82, 2.24) is 20.1 Å². The third kappa shape index (κ3) is 5.97. The van der Waals surface area contributed by atoms with Crippen LogP contribution in [0.25, 0.3) is 5.69 Å². The van der Waals surface area contributed by atoms with Gasteiger partial charge in [0.1, 0.15) is 11.6 Å². The Balaban J connectivity index is 1.37. The number of carbonyl (C=O) groups is 2. The smallest absolute Gasteiger partial charge is 0.256 e. The Morgan fingerprint density at radius 1 is 1.07 bits per heavy atom. The third-order valence-corrected chi connectivity index (χ3v) is 7.67. The number of fused-ring (bicyclic) bond motifs is 1. The van der Waals surface area contributed by atoms with Crippen LogP contribution < -0.4 is 15.0 Å². The molecule has 4 aromatic rings. The van der Waals surface area contributed by atoms with Crippen LogP contribution in [0.1, 0.15) is 35.1 Å². The molecule has 0 radical (unpaired) electrons. The highest BCUT2D eigenvalue weighted by atomic mass is 35.5. The van der Waals surface area contributed by atoms with Gasteiger partial charge in [-0.25, -0.2) is 4.39 Å². The summed E-state index contributed by atoms with van der Waals surface area (Å²) in [6.45, 7) is 3.06. The average Bonchev–Trinajstić information content (AvgIpc) is 3.37. The average molecular weight is 580 g/mol. The van der Waals surface area contributed by atoms with Gasteiger partial charge in [0, 0.05) is 17.9 Å². The van der Waals surface area contributed by atoms with Gasteiger partial charge in [-0.2, -0.15) is 0 Å². The Morgan fingerprint density at radius 2 is 1.88 bits per heavy atom. The molecule has 8 nitrogen and oxygen atoms in total. The minimum Gasteiger partial charge on any atom is -0.494 e. The summed E-state index contributed by atoms with van der Waals surface area (Å²) in [7, 11) is 0. The van der Waals surface area contributed by atoms with Gasteiger partial charge in [0.2, 0.25) is 5.91 Å². The summed E-state index contributed by atoms with van der Waals surface area (Å²) >= 11 is 7.32. The van der Waals surface area contributed by atoms with Gasteiger partial charge < -0.3 is 15.0 Å². The maximum Gasteiger partial charge on any atom is 0.256 e. The molecule has 0 saturated heterocycles. The lowest BCUT2D eigenvalue weighted by atomic mass is 10.0. The van der Waals surface area contributed by atoms with E-state index in [9.17, 15) is 14.0 Å². The predicted octanol–water partition coefficient (Wildman–Crippen LogP) is 5.46. The molecule has 1 aliphatic heterocycles. The standard InChI is InChI=1S/C29H27ClFN5O3S/c1-2-39-21-14-12-20(13-15-21)36-25(17-32-28(38)27-22(30)9-5-10-23(27)31)33-34-29(36)40-18-26(37)35-16-6-8-19-7-3-4-11-24(19)35/h3-5,7,9-15H,2,6,8,16-18H2,1H3,(H,32,38). The van der Waals surface area contributed by atoms with Crippen LogP contribution in [-0.2, 0) is 17.8 Å². The summed E-state index contributed by atoms with van der Waals surface area (Å²) in [6.07, 6.45) is 1.86. The number of ether oxygens (including phenoxy) is 1. The van der Waals surface area contributed by atoms with E-state index < -0.39 is 11.7 Å². The monoisotopic (exact) mass is 579 g/mol. The van der Waals surface area contributed by atoms with Crippen LogP contribution in [0.5, 0.6) is 5.75 Å². The molecule has 0 fully saturated rings. The first kappa shape index (κ1) is 27.7. The second kappa shape index (κ2) is 12.5. The SMILES string of the molecule is CCOc1ccc(-n2c(CNC(=O)c3c(F)cccc3Cl)nnc2SCC(=O)N2CCCc3ccccc32)cc1. The van der Waals surface area contributed by atoms with E-state index in [1.165, 1.54) is 30.0 Å². The second-order valence-electron chi connectivity index (χ2n) is 9.01. The fraction of sp³-hybridized carbons (Fsp3) is 0.241. The van der Waals surface area contributed by atoms with Crippen LogP contribution in [0.3, 0.4) is 0 Å². The number of aryl methyl sites for hydroxylation is 1. The molecule has 0 unspecified atom stereocenters. The van der Waals surface area contributed by atoms with E-state index in [0.717, 1.165) is 29.8 Å². The van der Waals surface area contributed by atoms with E-state index in [4.69, 9.17) is 16.3 Å². The maximum atomic E-state index is 14.3. The molecule has 5 rings (SSSR count). The topological polar surface area (TPSA) is 89.3 Å². The number of para-hydroxylation sites is 1. The Hall–Kier alpha value is -3.89. The number of nitrogens with zero attached hydrogens (tertiary/aromatic N) is 4. The normalized spacial score (nSPS) is 12.6. The molecule has 2 amide bonds. The van der Waals surface area contributed by atoms with Crippen LogP contribution in [0, 0.1) is 5.82 Å². The Morgan fingerprint density at radius 3 is 2.65 bits per heavy atom. The number of amides is 2. The van der Waals surface area contributed by atoms with E-state index in [0.29, 0.717) is 29.9 Å².